The smallest absolute Gasteiger partial charge is 0.130 e. The van der Waals surface area contributed by atoms with E-state index in [4.69, 9.17) is 11.2 Å². The van der Waals surface area contributed by atoms with Gasteiger partial charge in [0.15, 0.2) is 0 Å². The van der Waals surface area contributed by atoms with Gasteiger partial charge in [0.2, 0.25) is 0 Å². The van der Waals surface area contributed by atoms with Crippen molar-refractivity contribution in [2.45, 2.75) is 11.8 Å². The Kier molecular flexibility index (Phi) is 3.56. The zero-order chi connectivity index (χ0) is 10.7. The maximum atomic E-state index is 13.6. The molecule has 0 radical (unpaired) electrons. The fourth-order valence-electron chi connectivity index (χ4n) is 1.51. The Labute approximate surface area is 95.0 Å². The van der Waals surface area contributed by atoms with Crippen LogP contribution in [0.4, 0.5) is 4.39 Å². The van der Waals surface area contributed by atoms with Crippen LogP contribution in [-0.4, -0.2) is 11.8 Å². The lowest BCUT2D eigenvalue weighted by molar-refractivity contribution is 0.407. The van der Waals surface area contributed by atoms with Gasteiger partial charge in [0.1, 0.15) is 6.17 Å². The van der Waals surface area contributed by atoms with Gasteiger partial charge in [-0.2, -0.15) is 0 Å². The topological polar surface area (TPSA) is 0 Å². The summed E-state index contributed by atoms with van der Waals surface area (Å²) in [4.78, 5) is 0. The minimum atomic E-state index is -0.974. The molecule has 0 saturated heterocycles. The molecule has 1 aromatic rings. The van der Waals surface area contributed by atoms with Crippen molar-refractivity contribution in [1.29, 1.82) is 0 Å². The Morgan fingerprint density at radius 2 is 1.73 bits per heavy atom. The molecule has 0 saturated carbocycles. The molecule has 0 nitrogen and oxygen atoms in total. The molecule has 0 aromatic heterocycles. The normalized spacial score (nSPS) is 26.5. The lowest BCUT2D eigenvalue weighted by atomic mass is 10.1. The molecule has 2 rings (SSSR count). The van der Waals surface area contributed by atoms with Crippen molar-refractivity contribution >= 4 is 23.8 Å². The summed E-state index contributed by atoms with van der Waals surface area (Å²) < 4.78 is 13.6. The summed E-state index contributed by atoms with van der Waals surface area (Å²) in [7, 11) is -0.974. The van der Waals surface area contributed by atoms with Gasteiger partial charge in [0.05, 0.1) is 5.66 Å². The van der Waals surface area contributed by atoms with Gasteiger partial charge < -0.3 is 0 Å². The van der Waals surface area contributed by atoms with Gasteiger partial charge in [-0.05, 0) is 11.4 Å². The van der Waals surface area contributed by atoms with E-state index >= 15 is 0 Å². The summed E-state index contributed by atoms with van der Waals surface area (Å²) in [5.41, 5.74) is -0.200. The van der Waals surface area contributed by atoms with Gasteiger partial charge in [-0.1, -0.05) is 59.8 Å². The average molecular weight is 241 g/mol. The number of rotatable bonds is 2. The van der Waals surface area contributed by atoms with E-state index in [9.17, 15) is 4.39 Å². The highest BCUT2D eigenvalue weighted by atomic mass is 35.7. The zero-order valence-corrected chi connectivity index (χ0v) is 9.70. The van der Waals surface area contributed by atoms with Crippen LogP contribution in [0.5, 0.6) is 0 Å². The third kappa shape index (κ3) is 2.48. The lowest BCUT2D eigenvalue weighted by Crippen LogP contribution is -2.20. The molecule has 0 fully saturated rings. The molecular weight excluding hydrogens is 230 g/mol. The van der Waals surface area contributed by atoms with Crippen molar-refractivity contribution in [2.24, 2.45) is 0 Å². The minimum Gasteiger partial charge on any atom is -0.242 e. The average Bonchev–Trinajstić information content (AvgIpc) is 2.30. The molecule has 0 bridgehead atoms. The first-order valence-electron chi connectivity index (χ1n) is 4.78. The molecule has 3 heteroatoms. The molecule has 0 spiro atoms. The highest BCUT2D eigenvalue weighted by Crippen LogP contribution is 2.49. The van der Waals surface area contributed by atoms with E-state index in [1.165, 1.54) is 0 Å². The second kappa shape index (κ2) is 4.92. The quantitative estimate of drug-likeness (QED) is 0.690. The highest BCUT2D eigenvalue weighted by Gasteiger charge is 2.26. The number of halogens is 2. The Morgan fingerprint density at radius 3 is 2.40 bits per heavy atom. The van der Waals surface area contributed by atoms with Crippen LogP contribution in [0.25, 0.3) is 0 Å². The SMILES string of the molecule is FC1C=CC=CC1P(Cl)c1ccccc1. The van der Waals surface area contributed by atoms with Crippen LogP contribution in [0, 0.1) is 0 Å². The predicted molar refractivity (Wildman–Crippen MR) is 65.8 cm³/mol. The van der Waals surface area contributed by atoms with E-state index < -0.39 is 13.4 Å². The number of hydrogen-bond donors (Lipinski definition) is 0. The number of hydrogen-bond acceptors (Lipinski definition) is 0. The largest absolute Gasteiger partial charge is 0.242 e. The first-order valence-corrected chi connectivity index (χ1v) is 7.10. The van der Waals surface area contributed by atoms with E-state index in [1.807, 2.05) is 42.5 Å². The number of alkyl halides is 1. The van der Waals surface area contributed by atoms with Gasteiger partial charge in [-0.25, -0.2) is 4.39 Å². The van der Waals surface area contributed by atoms with Gasteiger partial charge in [-0.15, -0.1) is 0 Å². The summed E-state index contributed by atoms with van der Waals surface area (Å²) in [6.07, 6.45) is 6.05. The van der Waals surface area contributed by atoms with Crippen LogP contribution in [0.3, 0.4) is 0 Å². The summed E-state index contributed by atoms with van der Waals surface area (Å²) in [6, 6.07) is 9.72. The fraction of sp³-hybridized carbons (Fsp3) is 0.167. The fourth-order valence-corrected chi connectivity index (χ4v) is 3.77. The first-order chi connectivity index (χ1) is 7.29. The van der Waals surface area contributed by atoms with Gasteiger partial charge in [-0.3, -0.25) is 0 Å². The first kappa shape index (κ1) is 10.9. The Balaban J connectivity index is 2.18. The summed E-state index contributed by atoms with van der Waals surface area (Å²) in [6.45, 7) is 0. The summed E-state index contributed by atoms with van der Waals surface area (Å²) >= 11 is 6.32. The molecule has 1 aliphatic carbocycles. The summed E-state index contributed by atoms with van der Waals surface area (Å²) in [5, 5.41) is 1.03. The number of benzene rings is 1. The van der Waals surface area contributed by atoms with Crippen LogP contribution < -0.4 is 5.30 Å². The van der Waals surface area contributed by atoms with Crippen molar-refractivity contribution in [2.75, 3.05) is 0 Å². The highest BCUT2D eigenvalue weighted by molar-refractivity contribution is 7.90. The standard InChI is InChI=1S/C12H11ClFP/c13-15(10-6-2-1-3-7-10)12-9-5-4-8-11(12)14/h1-9,11-12H. The lowest BCUT2D eigenvalue weighted by Gasteiger charge is -2.22. The Bertz CT molecular complexity index is 374. The molecule has 0 N–H and O–H groups in total. The molecule has 1 aliphatic rings. The van der Waals surface area contributed by atoms with Crippen LogP contribution in [0.2, 0.25) is 0 Å². The van der Waals surface area contributed by atoms with Crippen LogP contribution in [-0.2, 0) is 0 Å². The molecule has 78 valence electrons. The molecule has 0 aliphatic heterocycles. The third-order valence-electron chi connectivity index (χ3n) is 2.31. The van der Waals surface area contributed by atoms with E-state index in [0.717, 1.165) is 5.30 Å². The van der Waals surface area contributed by atoms with E-state index in [1.54, 1.807) is 12.2 Å². The second-order valence-corrected chi connectivity index (χ2v) is 6.18. The van der Waals surface area contributed by atoms with Gasteiger partial charge >= 0.3 is 0 Å². The van der Waals surface area contributed by atoms with Crippen LogP contribution in [0.1, 0.15) is 0 Å². The minimum absolute atomic E-state index is 0.200. The van der Waals surface area contributed by atoms with E-state index in [-0.39, 0.29) is 5.66 Å². The maximum absolute atomic E-state index is 13.6. The van der Waals surface area contributed by atoms with Crippen molar-refractivity contribution in [3.05, 3.63) is 54.6 Å². The van der Waals surface area contributed by atoms with Crippen molar-refractivity contribution in [3.8, 4) is 0 Å². The van der Waals surface area contributed by atoms with Gasteiger partial charge in [0.25, 0.3) is 0 Å². The molecule has 3 atom stereocenters. The Morgan fingerprint density at radius 1 is 1.07 bits per heavy atom. The molecule has 0 heterocycles. The Hall–Kier alpha value is -0.650. The molecule has 0 amide bonds. The predicted octanol–water partition coefficient (Wildman–Crippen LogP) is 3.78. The second-order valence-electron chi connectivity index (χ2n) is 3.35. The van der Waals surface area contributed by atoms with Crippen LogP contribution >= 0.6 is 18.5 Å². The molecular formula is C12H11ClFP. The zero-order valence-electron chi connectivity index (χ0n) is 8.05. The van der Waals surface area contributed by atoms with Crippen LogP contribution in [0.15, 0.2) is 54.6 Å². The van der Waals surface area contributed by atoms with E-state index in [0.29, 0.717) is 0 Å². The molecule has 15 heavy (non-hydrogen) atoms. The van der Waals surface area contributed by atoms with Crippen molar-refractivity contribution in [1.82, 2.24) is 0 Å². The van der Waals surface area contributed by atoms with Crippen molar-refractivity contribution < 1.29 is 4.39 Å². The monoisotopic (exact) mass is 240 g/mol. The maximum Gasteiger partial charge on any atom is 0.130 e. The van der Waals surface area contributed by atoms with Crippen molar-refractivity contribution in [3.63, 3.8) is 0 Å². The molecule has 1 aromatic carbocycles. The van der Waals surface area contributed by atoms with E-state index in [2.05, 4.69) is 0 Å². The summed E-state index contributed by atoms with van der Waals surface area (Å²) in [5.74, 6) is 0. The van der Waals surface area contributed by atoms with Gasteiger partial charge in [0, 0.05) is 7.27 Å². The molecule has 3 unspecified atom stereocenters. The number of allylic oxidation sites excluding steroid dienone is 4. The third-order valence-corrected chi connectivity index (χ3v) is 5.34.